The van der Waals surface area contributed by atoms with Gasteiger partial charge in [-0.15, -0.1) is 0 Å². The van der Waals surface area contributed by atoms with Crippen LogP contribution in [0.2, 0.25) is 5.02 Å². The molecule has 2 atom stereocenters. The normalized spacial score (nSPS) is 17.4. The van der Waals surface area contributed by atoms with Gasteiger partial charge in [-0.25, -0.2) is 0 Å². The summed E-state index contributed by atoms with van der Waals surface area (Å²) in [5.74, 6) is -0.160. The minimum Gasteiger partial charge on any atom is -0.340 e. The Labute approximate surface area is 142 Å². The fourth-order valence-corrected chi connectivity index (χ4v) is 2.72. The molecular weight excluding hydrogens is 314 g/mol. The van der Waals surface area contributed by atoms with Gasteiger partial charge in [0.25, 0.3) is 5.91 Å². The molecule has 2 N–H and O–H groups in total. The summed E-state index contributed by atoms with van der Waals surface area (Å²) in [5, 5.41) is 6.72. The zero-order valence-corrected chi connectivity index (χ0v) is 14.4. The molecule has 0 bridgehead atoms. The first-order valence-corrected chi connectivity index (χ1v) is 8.46. The number of piperazine rings is 1. The summed E-state index contributed by atoms with van der Waals surface area (Å²) in [6.07, 6.45) is 0.823. The highest BCUT2D eigenvalue weighted by molar-refractivity contribution is 6.30. The monoisotopic (exact) mass is 337 g/mol. The summed E-state index contributed by atoms with van der Waals surface area (Å²) in [6, 6.07) is 6.18. The highest BCUT2D eigenvalue weighted by atomic mass is 35.5. The van der Waals surface area contributed by atoms with Crippen molar-refractivity contribution in [2.45, 2.75) is 26.3 Å². The van der Waals surface area contributed by atoms with Gasteiger partial charge in [-0.05, 0) is 30.2 Å². The fourth-order valence-electron chi connectivity index (χ4n) is 2.59. The zero-order valence-electron chi connectivity index (χ0n) is 13.6. The number of carbonyl (C=O) groups is 2. The van der Waals surface area contributed by atoms with Crippen molar-refractivity contribution in [3.8, 4) is 0 Å². The number of amides is 2. The van der Waals surface area contributed by atoms with E-state index in [0.29, 0.717) is 23.7 Å². The molecule has 1 aliphatic rings. The van der Waals surface area contributed by atoms with Crippen molar-refractivity contribution in [2.24, 2.45) is 5.92 Å². The van der Waals surface area contributed by atoms with Crippen LogP contribution < -0.4 is 10.6 Å². The molecule has 23 heavy (non-hydrogen) atoms. The number of hydrogen-bond donors (Lipinski definition) is 2. The zero-order chi connectivity index (χ0) is 16.8. The van der Waals surface area contributed by atoms with Crippen molar-refractivity contribution < 1.29 is 9.59 Å². The van der Waals surface area contributed by atoms with Crippen molar-refractivity contribution in [1.82, 2.24) is 15.5 Å². The van der Waals surface area contributed by atoms with E-state index in [1.807, 2.05) is 18.7 Å². The lowest BCUT2D eigenvalue weighted by Crippen LogP contribution is -2.56. The van der Waals surface area contributed by atoms with Crippen LogP contribution in [-0.2, 0) is 4.79 Å². The van der Waals surface area contributed by atoms with Crippen LogP contribution in [0, 0.1) is 5.92 Å². The lowest BCUT2D eigenvalue weighted by Gasteiger charge is -2.33. The van der Waals surface area contributed by atoms with Gasteiger partial charge < -0.3 is 15.5 Å². The molecule has 1 heterocycles. The molecule has 1 saturated heterocycles. The molecule has 2 amide bonds. The highest BCUT2D eigenvalue weighted by Crippen LogP contribution is 2.14. The summed E-state index contributed by atoms with van der Waals surface area (Å²) in [7, 11) is 0. The Bertz CT molecular complexity index is 541. The van der Waals surface area contributed by atoms with Gasteiger partial charge in [0.05, 0.1) is 0 Å². The molecule has 0 spiro atoms. The smallest absolute Gasteiger partial charge is 0.251 e. The number of carbonyl (C=O) groups excluding carboxylic acids is 2. The lowest BCUT2D eigenvalue weighted by molar-refractivity contribution is -0.135. The first-order chi connectivity index (χ1) is 11.0. The maximum absolute atomic E-state index is 12.8. The third-order valence-electron chi connectivity index (χ3n) is 4.30. The fraction of sp³-hybridized carbons (Fsp3) is 0.529. The number of nitrogens with zero attached hydrogens (tertiary/aromatic N) is 1. The summed E-state index contributed by atoms with van der Waals surface area (Å²) in [4.78, 5) is 27.0. The molecule has 0 aromatic heterocycles. The van der Waals surface area contributed by atoms with Gasteiger partial charge in [-0.1, -0.05) is 31.9 Å². The quantitative estimate of drug-likeness (QED) is 0.863. The second kappa shape index (κ2) is 8.31. The maximum Gasteiger partial charge on any atom is 0.251 e. The molecule has 1 fully saturated rings. The van der Waals surface area contributed by atoms with E-state index in [4.69, 9.17) is 11.6 Å². The minimum atomic E-state index is -0.499. The third kappa shape index (κ3) is 4.69. The Hall–Kier alpha value is -1.59. The molecule has 5 nitrogen and oxygen atoms in total. The van der Waals surface area contributed by atoms with E-state index < -0.39 is 6.04 Å². The van der Waals surface area contributed by atoms with E-state index in [0.717, 1.165) is 19.5 Å². The molecule has 2 rings (SSSR count). The van der Waals surface area contributed by atoms with Crippen LogP contribution >= 0.6 is 11.6 Å². The topological polar surface area (TPSA) is 61.4 Å². The Morgan fingerprint density at radius 3 is 2.43 bits per heavy atom. The van der Waals surface area contributed by atoms with Gasteiger partial charge in [-0.3, -0.25) is 9.59 Å². The Morgan fingerprint density at radius 2 is 1.87 bits per heavy atom. The van der Waals surface area contributed by atoms with Crippen LogP contribution in [0.4, 0.5) is 0 Å². The first-order valence-electron chi connectivity index (χ1n) is 8.09. The molecule has 1 aromatic rings. The van der Waals surface area contributed by atoms with Crippen LogP contribution in [0.5, 0.6) is 0 Å². The summed E-state index contributed by atoms with van der Waals surface area (Å²) >= 11 is 5.85. The van der Waals surface area contributed by atoms with Crippen LogP contribution in [0.25, 0.3) is 0 Å². The molecule has 1 aromatic carbocycles. The molecule has 0 saturated carbocycles. The van der Waals surface area contributed by atoms with Crippen molar-refractivity contribution >= 4 is 23.4 Å². The van der Waals surface area contributed by atoms with Crippen molar-refractivity contribution in [1.29, 1.82) is 0 Å². The van der Waals surface area contributed by atoms with Crippen LogP contribution in [0.1, 0.15) is 30.6 Å². The van der Waals surface area contributed by atoms with E-state index in [9.17, 15) is 9.59 Å². The van der Waals surface area contributed by atoms with Crippen LogP contribution in [-0.4, -0.2) is 48.9 Å². The Morgan fingerprint density at radius 1 is 1.26 bits per heavy atom. The van der Waals surface area contributed by atoms with E-state index in [1.165, 1.54) is 0 Å². The first kappa shape index (κ1) is 17.8. The van der Waals surface area contributed by atoms with Gasteiger partial charge in [0.15, 0.2) is 0 Å². The van der Waals surface area contributed by atoms with Crippen molar-refractivity contribution in [3.05, 3.63) is 34.9 Å². The van der Waals surface area contributed by atoms with Gasteiger partial charge in [0.1, 0.15) is 6.04 Å². The lowest BCUT2D eigenvalue weighted by atomic mass is 9.97. The van der Waals surface area contributed by atoms with Gasteiger partial charge in [-0.2, -0.15) is 0 Å². The number of nitrogens with one attached hydrogen (secondary N) is 2. The average Bonchev–Trinajstić information content (AvgIpc) is 2.59. The van der Waals surface area contributed by atoms with E-state index in [-0.39, 0.29) is 17.7 Å². The number of rotatable bonds is 5. The van der Waals surface area contributed by atoms with Gasteiger partial charge in [0, 0.05) is 36.8 Å². The van der Waals surface area contributed by atoms with Crippen LogP contribution in [0.3, 0.4) is 0 Å². The third-order valence-corrected chi connectivity index (χ3v) is 4.55. The van der Waals surface area contributed by atoms with Crippen molar-refractivity contribution in [2.75, 3.05) is 26.2 Å². The Balaban J connectivity index is 2.09. The Kier molecular flexibility index (Phi) is 6.42. The van der Waals surface area contributed by atoms with Crippen molar-refractivity contribution in [3.63, 3.8) is 0 Å². The number of halogens is 1. The van der Waals surface area contributed by atoms with E-state index in [2.05, 4.69) is 10.6 Å². The largest absolute Gasteiger partial charge is 0.340 e. The number of benzene rings is 1. The number of hydrogen-bond acceptors (Lipinski definition) is 3. The summed E-state index contributed by atoms with van der Waals surface area (Å²) in [6.45, 7) is 6.98. The predicted molar refractivity (Wildman–Crippen MR) is 91.6 cm³/mol. The standard InChI is InChI=1S/C17H24ClN3O2/c1-3-12(2)15(17(23)21-10-8-19-9-11-21)20-16(22)13-4-6-14(18)7-5-13/h4-7,12,15,19H,3,8-11H2,1-2H3,(H,20,22). The summed E-state index contributed by atoms with van der Waals surface area (Å²) < 4.78 is 0. The SMILES string of the molecule is CCC(C)C(NC(=O)c1ccc(Cl)cc1)C(=O)N1CCNCC1. The van der Waals surface area contributed by atoms with E-state index >= 15 is 0 Å². The second-order valence-corrected chi connectivity index (χ2v) is 6.36. The minimum absolute atomic E-state index is 0.00293. The second-order valence-electron chi connectivity index (χ2n) is 5.92. The molecule has 0 aliphatic carbocycles. The van der Waals surface area contributed by atoms with Gasteiger partial charge >= 0.3 is 0 Å². The molecule has 1 aliphatic heterocycles. The molecule has 126 valence electrons. The molecule has 2 unspecified atom stereocenters. The maximum atomic E-state index is 12.8. The van der Waals surface area contributed by atoms with E-state index in [1.54, 1.807) is 24.3 Å². The average molecular weight is 338 g/mol. The van der Waals surface area contributed by atoms with Gasteiger partial charge in [0.2, 0.25) is 5.91 Å². The predicted octanol–water partition coefficient (Wildman–Crippen LogP) is 1.92. The molecule has 0 radical (unpaired) electrons. The molecule has 6 heteroatoms. The molecular formula is C17H24ClN3O2. The summed E-state index contributed by atoms with van der Waals surface area (Å²) in [5.41, 5.74) is 0.510. The van der Waals surface area contributed by atoms with Crippen LogP contribution in [0.15, 0.2) is 24.3 Å². The highest BCUT2D eigenvalue weighted by Gasteiger charge is 2.30.